The highest BCUT2D eigenvalue weighted by atomic mass is 16.5. The lowest BCUT2D eigenvalue weighted by atomic mass is 10.3. The second kappa shape index (κ2) is 8.21. The van der Waals surface area contributed by atoms with Gasteiger partial charge in [0.1, 0.15) is 0 Å². The zero-order valence-corrected chi connectivity index (χ0v) is 10.4. The van der Waals surface area contributed by atoms with Gasteiger partial charge in [-0.2, -0.15) is 0 Å². The molecule has 3 heteroatoms. The molecule has 0 fully saturated rings. The number of nitrogens with zero attached hydrogens (tertiary/aromatic N) is 2. The number of hydrogen-bond donors (Lipinski definition) is 0. The van der Waals surface area contributed by atoms with E-state index in [2.05, 4.69) is 44.7 Å². The highest BCUT2D eigenvalue weighted by Crippen LogP contribution is 1.92. The second-order valence-electron chi connectivity index (χ2n) is 4.08. The van der Waals surface area contributed by atoms with E-state index in [-0.39, 0.29) is 0 Å². The minimum absolute atomic E-state index is 0.608. The van der Waals surface area contributed by atoms with Crippen LogP contribution in [0.25, 0.3) is 0 Å². The van der Waals surface area contributed by atoms with Crippen LogP contribution in [-0.2, 0) is 4.74 Å². The Morgan fingerprint density at radius 2 is 1.64 bits per heavy atom. The van der Waals surface area contributed by atoms with E-state index >= 15 is 0 Å². The van der Waals surface area contributed by atoms with Gasteiger partial charge in [-0.15, -0.1) is 0 Å². The van der Waals surface area contributed by atoms with Gasteiger partial charge in [0.25, 0.3) is 0 Å². The Labute approximate surface area is 89.0 Å². The van der Waals surface area contributed by atoms with Crippen LogP contribution in [0, 0.1) is 0 Å². The Hall–Kier alpha value is -0.120. The van der Waals surface area contributed by atoms with Crippen LogP contribution in [-0.4, -0.2) is 62.8 Å². The lowest BCUT2D eigenvalue weighted by Crippen LogP contribution is -2.30. The largest absolute Gasteiger partial charge is 0.379 e. The molecule has 0 aliphatic rings. The quantitative estimate of drug-likeness (QED) is 0.552. The van der Waals surface area contributed by atoms with Crippen molar-refractivity contribution < 1.29 is 4.74 Å². The number of rotatable bonds is 8. The van der Waals surface area contributed by atoms with Gasteiger partial charge in [0.2, 0.25) is 0 Å². The van der Waals surface area contributed by atoms with Crippen molar-refractivity contribution in [3.63, 3.8) is 0 Å². The van der Waals surface area contributed by atoms with Crippen LogP contribution in [0.3, 0.4) is 0 Å². The van der Waals surface area contributed by atoms with E-state index in [0.717, 1.165) is 32.8 Å². The van der Waals surface area contributed by atoms with Gasteiger partial charge >= 0.3 is 0 Å². The predicted molar refractivity (Wildman–Crippen MR) is 61.8 cm³/mol. The van der Waals surface area contributed by atoms with Crippen LogP contribution in [0.15, 0.2) is 0 Å². The van der Waals surface area contributed by atoms with Crippen molar-refractivity contribution in [1.82, 2.24) is 9.80 Å². The topological polar surface area (TPSA) is 15.7 Å². The normalized spacial score (nSPS) is 12.0. The highest BCUT2D eigenvalue weighted by Gasteiger charge is 2.01. The summed E-state index contributed by atoms with van der Waals surface area (Å²) in [6.45, 7) is 11.4. The molecule has 0 atom stereocenters. The molecule has 0 bridgehead atoms. The standard InChI is InChI=1S/C11H26N2O/c1-6-12(4)7-9-14-10-8-13(5)11(2)3/h11H,6-10H2,1-5H3. The molecule has 0 aromatic rings. The third kappa shape index (κ3) is 7.30. The molecule has 0 saturated heterocycles. The first-order valence-corrected chi connectivity index (χ1v) is 5.54. The summed E-state index contributed by atoms with van der Waals surface area (Å²) in [6, 6.07) is 0.608. The molecule has 0 aliphatic heterocycles. The van der Waals surface area contributed by atoms with Gasteiger partial charge in [0.05, 0.1) is 13.2 Å². The fourth-order valence-corrected chi connectivity index (χ4v) is 0.947. The van der Waals surface area contributed by atoms with Gasteiger partial charge in [0.15, 0.2) is 0 Å². The van der Waals surface area contributed by atoms with Crippen LogP contribution in [0.4, 0.5) is 0 Å². The van der Waals surface area contributed by atoms with Crippen LogP contribution in [0.5, 0.6) is 0 Å². The van der Waals surface area contributed by atoms with Crippen molar-refractivity contribution in [2.75, 3.05) is 46.9 Å². The molecule has 3 nitrogen and oxygen atoms in total. The molecule has 0 amide bonds. The third-order valence-corrected chi connectivity index (χ3v) is 2.63. The summed E-state index contributed by atoms with van der Waals surface area (Å²) < 4.78 is 5.54. The number of hydrogen-bond acceptors (Lipinski definition) is 3. The summed E-state index contributed by atoms with van der Waals surface area (Å²) in [5.74, 6) is 0. The summed E-state index contributed by atoms with van der Waals surface area (Å²) >= 11 is 0. The van der Waals surface area contributed by atoms with Crippen molar-refractivity contribution in [3.8, 4) is 0 Å². The Morgan fingerprint density at radius 1 is 1.07 bits per heavy atom. The zero-order chi connectivity index (χ0) is 11.0. The van der Waals surface area contributed by atoms with Crippen molar-refractivity contribution >= 4 is 0 Å². The third-order valence-electron chi connectivity index (χ3n) is 2.63. The van der Waals surface area contributed by atoms with E-state index in [1.807, 2.05) is 0 Å². The van der Waals surface area contributed by atoms with Crippen LogP contribution in [0.2, 0.25) is 0 Å². The molecule has 0 aliphatic carbocycles. The molecule has 0 saturated carbocycles. The maximum absolute atomic E-state index is 5.54. The van der Waals surface area contributed by atoms with Crippen LogP contribution < -0.4 is 0 Å². The first kappa shape index (κ1) is 13.9. The van der Waals surface area contributed by atoms with E-state index in [1.165, 1.54) is 0 Å². The van der Waals surface area contributed by atoms with Gasteiger partial charge in [-0.1, -0.05) is 6.92 Å². The second-order valence-corrected chi connectivity index (χ2v) is 4.08. The molecule has 14 heavy (non-hydrogen) atoms. The van der Waals surface area contributed by atoms with E-state index in [9.17, 15) is 0 Å². The smallest absolute Gasteiger partial charge is 0.0594 e. The Kier molecular flexibility index (Phi) is 8.14. The fourth-order valence-electron chi connectivity index (χ4n) is 0.947. The lowest BCUT2D eigenvalue weighted by molar-refractivity contribution is 0.0888. The summed E-state index contributed by atoms with van der Waals surface area (Å²) in [7, 11) is 4.25. The van der Waals surface area contributed by atoms with Gasteiger partial charge in [-0.3, -0.25) is 0 Å². The molecular weight excluding hydrogens is 176 g/mol. The molecule has 0 aromatic carbocycles. The van der Waals surface area contributed by atoms with E-state index in [1.54, 1.807) is 0 Å². The molecule has 0 N–H and O–H groups in total. The molecule has 0 unspecified atom stereocenters. The molecule has 0 rings (SSSR count). The fraction of sp³-hybridized carbons (Fsp3) is 1.00. The highest BCUT2D eigenvalue weighted by molar-refractivity contribution is 4.55. The van der Waals surface area contributed by atoms with Gasteiger partial charge < -0.3 is 14.5 Å². The maximum Gasteiger partial charge on any atom is 0.0594 e. The minimum Gasteiger partial charge on any atom is -0.379 e. The summed E-state index contributed by atoms with van der Waals surface area (Å²) in [5, 5.41) is 0. The van der Waals surface area contributed by atoms with E-state index < -0.39 is 0 Å². The summed E-state index contributed by atoms with van der Waals surface area (Å²) in [4.78, 5) is 4.55. The van der Waals surface area contributed by atoms with Gasteiger partial charge in [-0.05, 0) is 34.5 Å². The van der Waals surface area contributed by atoms with Crippen molar-refractivity contribution in [2.45, 2.75) is 26.8 Å². The predicted octanol–water partition coefficient (Wildman–Crippen LogP) is 1.29. The minimum atomic E-state index is 0.608. The number of likely N-dealkylation sites (N-methyl/N-ethyl adjacent to an activating group) is 2. The summed E-state index contributed by atoms with van der Waals surface area (Å²) in [5.41, 5.74) is 0. The lowest BCUT2D eigenvalue weighted by Gasteiger charge is -2.21. The molecule has 0 radical (unpaired) electrons. The average Bonchev–Trinajstić information content (AvgIpc) is 2.16. The van der Waals surface area contributed by atoms with Crippen LogP contribution in [0.1, 0.15) is 20.8 Å². The Morgan fingerprint density at radius 3 is 2.14 bits per heavy atom. The zero-order valence-electron chi connectivity index (χ0n) is 10.4. The monoisotopic (exact) mass is 202 g/mol. The SMILES string of the molecule is CCN(C)CCOCCN(C)C(C)C. The van der Waals surface area contributed by atoms with Crippen LogP contribution >= 0.6 is 0 Å². The van der Waals surface area contributed by atoms with E-state index in [0.29, 0.717) is 6.04 Å². The van der Waals surface area contributed by atoms with Crippen molar-refractivity contribution in [3.05, 3.63) is 0 Å². The van der Waals surface area contributed by atoms with Gasteiger partial charge in [-0.25, -0.2) is 0 Å². The summed E-state index contributed by atoms with van der Waals surface area (Å²) in [6.07, 6.45) is 0. The molecule has 0 spiro atoms. The Bertz CT molecular complexity index is 128. The maximum atomic E-state index is 5.54. The molecule has 0 heterocycles. The van der Waals surface area contributed by atoms with E-state index in [4.69, 9.17) is 4.74 Å². The Balaban J connectivity index is 3.21. The van der Waals surface area contributed by atoms with Gasteiger partial charge in [0, 0.05) is 19.1 Å². The first-order chi connectivity index (χ1) is 6.57. The van der Waals surface area contributed by atoms with Crippen molar-refractivity contribution in [2.24, 2.45) is 0 Å². The molecule has 86 valence electrons. The van der Waals surface area contributed by atoms with Crippen molar-refractivity contribution in [1.29, 1.82) is 0 Å². The number of ether oxygens (including phenoxy) is 1. The molecule has 0 aromatic heterocycles. The average molecular weight is 202 g/mol. The molecular formula is C11H26N2O. The first-order valence-electron chi connectivity index (χ1n) is 5.54.